The van der Waals surface area contributed by atoms with Gasteiger partial charge in [0.15, 0.2) is 4.93 Å². The minimum Gasteiger partial charge on any atom is -0.746 e. The van der Waals surface area contributed by atoms with Crippen molar-refractivity contribution in [2.75, 3.05) is 0 Å². The van der Waals surface area contributed by atoms with E-state index >= 15 is 0 Å². The first-order chi connectivity index (χ1) is 9.87. The monoisotopic (exact) mass is 360 g/mol. The fourth-order valence-electron chi connectivity index (χ4n) is 2.65. The van der Waals surface area contributed by atoms with Gasteiger partial charge < -0.3 is 9.66 Å². The Kier molecular flexibility index (Phi) is 17.3. The van der Waals surface area contributed by atoms with Crippen LogP contribution in [0, 0.1) is 0 Å². The number of unbranched alkanes of at least 4 members (excludes halogenated alkanes) is 9. The summed E-state index contributed by atoms with van der Waals surface area (Å²) >= 11 is 0. The molecule has 1 atom stereocenters. The van der Waals surface area contributed by atoms with Crippen molar-refractivity contribution in [1.29, 1.82) is 0 Å². The van der Waals surface area contributed by atoms with Gasteiger partial charge in [-0.2, -0.15) is 0 Å². The van der Waals surface area contributed by atoms with Gasteiger partial charge in [0.2, 0.25) is 0 Å². The summed E-state index contributed by atoms with van der Waals surface area (Å²) in [5, 5.41) is 9.97. The van der Waals surface area contributed by atoms with Gasteiger partial charge in [-0.1, -0.05) is 78.1 Å². The van der Waals surface area contributed by atoms with E-state index in [2.05, 4.69) is 6.92 Å². The second-order valence-corrected chi connectivity index (χ2v) is 7.75. The molecule has 0 bridgehead atoms. The van der Waals surface area contributed by atoms with Crippen molar-refractivity contribution in [2.45, 2.75) is 102 Å². The smallest absolute Gasteiger partial charge is 0.746 e. The number of rotatable bonds is 14. The number of aliphatic hydroxyl groups is 1. The van der Waals surface area contributed by atoms with Gasteiger partial charge in [-0.15, -0.1) is 0 Å². The van der Waals surface area contributed by atoms with E-state index in [1.165, 1.54) is 38.5 Å². The molecule has 0 aromatic rings. The zero-order valence-corrected chi connectivity index (χ0v) is 18.7. The molecule has 0 aromatic carbocycles. The molecule has 0 aliphatic heterocycles. The van der Waals surface area contributed by atoms with E-state index in [1.807, 2.05) is 0 Å². The van der Waals surface area contributed by atoms with Gasteiger partial charge in [-0.05, 0) is 19.3 Å². The molecule has 22 heavy (non-hydrogen) atoms. The molecule has 128 valence electrons. The van der Waals surface area contributed by atoms with Crippen LogP contribution < -0.4 is 51.4 Å². The first-order valence-electron chi connectivity index (χ1n) is 8.55. The predicted molar refractivity (Wildman–Crippen MR) is 86.0 cm³/mol. The van der Waals surface area contributed by atoms with Crippen molar-refractivity contribution in [3.05, 3.63) is 0 Å². The Bertz CT molecular complexity index is 346. The molecule has 0 spiro atoms. The number of hydrogen-bond acceptors (Lipinski definition) is 4. The fraction of sp³-hybridized carbons (Fsp3) is 1.00. The SMILES string of the molecule is CCCCCCCCCCCCC(O)(CCC)S(=O)(=O)[O-].[K+]. The molecule has 0 aliphatic rings. The molecule has 0 saturated heterocycles. The maximum absolute atomic E-state index is 11.1. The quantitative estimate of drug-likeness (QED) is 0.288. The second-order valence-electron chi connectivity index (χ2n) is 6.08. The van der Waals surface area contributed by atoms with Crippen LogP contribution in [-0.4, -0.2) is 23.0 Å². The van der Waals surface area contributed by atoms with Crippen LogP contribution in [0.4, 0.5) is 0 Å². The molecular weight excluding hydrogens is 327 g/mol. The van der Waals surface area contributed by atoms with Crippen molar-refractivity contribution in [2.24, 2.45) is 0 Å². The molecule has 0 amide bonds. The summed E-state index contributed by atoms with van der Waals surface area (Å²) in [7, 11) is -4.63. The normalized spacial score (nSPS) is 14.4. The first-order valence-corrected chi connectivity index (χ1v) is 9.96. The van der Waals surface area contributed by atoms with Gasteiger partial charge >= 0.3 is 51.4 Å². The van der Waals surface area contributed by atoms with Crippen LogP contribution in [0.2, 0.25) is 0 Å². The van der Waals surface area contributed by atoms with Gasteiger partial charge in [0.25, 0.3) is 0 Å². The average molecular weight is 361 g/mol. The van der Waals surface area contributed by atoms with Crippen molar-refractivity contribution in [1.82, 2.24) is 0 Å². The summed E-state index contributed by atoms with van der Waals surface area (Å²) in [4.78, 5) is -2.05. The van der Waals surface area contributed by atoms with Gasteiger partial charge in [-0.25, -0.2) is 8.42 Å². The molecule has 0 rings (SSSR count). The summed E-state index contributed by atoms with van der Waals surface area (Å²) in [5.74, 6) is 0. The Labute approximate surface area is 180 Å². The van der Waals surface area contributed by atoms with Crippen LogP contribution in [0.3, 0.4) is 0 Å². The molecule has 0 heterocycles. The zero-order valence-electron chi connectivity index (χ0n) is 14.8. The van der Waals surface area contributed by atoms with Crippen LogP contribution in [0.15, 0.2) is 0 Å². The van der Waals surface area contributed by atoms with Crippen LogP contribution in [0.5, 0.6) is 0 Å². The molecule has 6 heteroatoms. The predicted octanol–water partition coefficient (Wildman–Crippen LogP) is 1.34. The van der Waals surface area contributed by atoms with E-state index in [0.29, 0.717) is 12.8 Å². The van der Waals surface area contributed by atoms with Crippen molar-refractivity contribution in [3.63, 3.8) is 0 Å². The van der Waals surface area contributed by atoms with E-state index in [1.54, 1.807) is 6.92 Å². The molecule has 0 aromatic heterocycles. The average Bonchev–Trinajstić information content (AvgIpc) is 2.40. The van der Waals surface area contributed by atoms with Crippen molar-refractivity contribution in [3.8, 4) is 0 Å². The topological polar surface area (TPSA) is 77.4 Å². The van der Waals surface area contributed by atoms with Gasteiger partial charge in [0.05, 0.1) is 0 Å². The van der Waals surface area contributed by atoms with Gasteiger partial charge in [0, 0.05) is 0 Å². The molecule has 0 fully saturated rings. The Morgan fingerprint density at radius 1 is 0.773 bits per heavy atom. The van der Waals surface area contributed by atoms with Crippen molar-refractivity contribution >= 4 is 10.1 Å². The molecule has 0 saturated carbocycles. The maximum Gasteiger partial charge on any atom is 1.00 e. The van der Waals surface area contributed by atoms with E-state index in [4.69, 9.17) is 0 Å². The second kappa shape index (κ2) is 14.8. The molecule has 0 radical (unpaired) electrons. The van der Waals surface area contributed by atoms with E-state index in [9.17, 15) is 18.1 Å². The summed E-state index contributed by atoms with van der Waals surface area (Å²) in [6.45, 7) is 3.98. The summed E-state index contributed by atoms with van der Waals surface area (Å²) < 4.78 is 33.4. The minimum absolute atomic E-state index is 0. The summed E-state index contributed by atoms with van der Waals surface area (Å²) in [6.07, 6.45) is 12.0. The molecular formula is C16H33KO4S. The zero-order chi connectivity index (χ0) is 16.2. The van der Waals surface area contributed by atoms with Gasteiger partial charge in [0.1, 0.15) is 10.1 Å². The third-order valence-corrected chi connectivity index (χ3v) is 5.37. The standard InChI is InChI=1S/C16H34O4S.K/c1-3-5-6-7-8-9-10-11-12-13-15-16(17,14-4-2)21(18,19)20;/h17H,3-15H2,1-2H3,(H,18,19,20);/q;+1/p-1. The Hall–Kier alpha value is 1.51. The van der Waals surface area contributed by atoms with Crippen LogP contribution in [0.25, 0.3) is 0 Å². The summed E-state index contributed by atoms with van der Waals surface area (Å²) in [5.41, 5.74) is 0. The van der Waals surface area contributed by atoms with E-state index in [0.717, 1.165) is 19.3 Å². The third kappa shape index (κ3) is 12.0. The van der Waals surface area contributed by atoms with E-state index in [-0.39, 0.29) is 64.2 Å². The first kappa shape index (κ1) is 25.7. The molecule has 0 aliphatic carbocycles. The Balaban J connectivity index is 0. The van der Waals surface area contributed by atoms with Crippen molar-refractivity contribution < 1.29 is 69.5 Å². The fourth-order valence-corrected chi connectivity index (χ4v) is 3.50. The summed E-state index contributed by atoms with van der Waals surface area (Å²) in [6, 6.07) is 0. The van der Waals surface area contributed by atoms with Crippen LogP contribution in [-0.2, 0) is 10.1 Å². The Morgan fingerprint density at radius 3 is 1.55 bits per heavy atom. The molecule has 1 unspecified atom stereocenters. The van der Waals surface area contributed by atoms with Crippen LogP contribution in [0.1, 0.15) is 97.3 Å². The van der Waals surface area contributed by atoms with Crippen LogP contribution >= 0.6 is 0 Å². The molecule has 1 N–H and O–H groups in total. The molecule has 4 nitrogen and oxygen atoms in total. The third-order valence-electron chi connectivity index (χ3n) is 4.03. The van der Waals surface area contributed by atoms with E-state index < -0.39 is 15.1 Å². The maximum atomic E-state index is 11.1. The Morgan fingerprint density at radius 2 is 1.18 bits per heavy atom. The number of hydrogen-bond donors (Lipinski definition) is 1. The van der Waals surface area contributed by atoms with Gasteiger partial charge in [-0.3, -0.25) is 0 Å². The largest absolute Gasteiger partial charge is 1.00 e. The minimum atomic E-state index is -4.63.